The van der Waals surface area contributed by atoms with Crippen LogP contribution in [0.2, 0.25) is 0 Å². The van der Waals surface area contributed by atoms with Crippen molar-refractivity contribution in [2.24, 2.45) is 0 Å². The van der Waals surface area contributed by atoms with Crippen molar-refractivity contribution in [1.82, 2.24) is 0 Å². The largest absolute Gasteiger partial charge is 0.0622 e. The number of halogens is 2. The third-order valence-corrected chi connectivity index (χ3v) is 12.7. The Bertz CT molecular complexity index is 1000. The SMILES string of the molecule is [CH]1CC[C](P(c2ccccc2)c2ccccc2)C1.[Cl][Pd][Cl].[Fe].c1ccc(P(c2ccccc2)C2CCCC2)cc1. The van der Waals surface area contributed by atoms with Gasteiger partial charge in [0.2, 0.25) is 0 Å². The van der Waals surface area contributed by atoms with Gasteiger partial charge in [0.25, 0.3) is 0 Å². The molecule has 0 atom stereocenters. The zero-order valence-electron chi connectivity index (χ0n) is 22.5. The molecule has 4 aromatic carbocycles. The fraction of sp³-hybridized carbons (Fsp3) is 0.235. The molecule has 0 N–H and O–H groups in total. The number of hydrogen-bond donors (Lipinski definition) is 0. The Morgan fingerprint density at radius 2 is 0.950 bits per heavy atom. The molecule has 6 heteroatoms. The van der Waals surface area contributed by atoms with Crippen molar-refractivity contribution in [3.63, 3.8) is 0 Å². The molecule has 0 bridgehead atoms. The van der Waals surface area contributed by atoms with Crippen LogP contribution in [0.3, 0.4) is 0 Å². The maximum Gasteiger partial charge on any atom is 0 e. The van der Waals surface area contributed by atoms with E-state index in [0.29, 0.717) is 0 Å². The summed E-state index contributed by atoms with van der Waals surface area (Å²) in [4.78, 5) is 0. The van der Waals surface area contributed by atoms with Crippen LogP contribution in [0.5, 0.6) is 0 Å². The quantitative estimate of drug-likeness (QED) is 0.137. The molecule has 0 aromatic heterocycles. The van der Waals surface area contributed by atoms with Crippen LogP contribution < -0.4 is 21.2 Å². The Hall–Kier alpha value is -0.498. The summed E-state index contributed by atoms with van der Waals surface area (Å²) in [6, 6.07) is 44.2. The first kappa shape index (κ1) is 34.0. The molecule has 6 rings (SSSR count). The molecule has 2 radical (unpaired) electrons. The average Bonchev–Trinajstić information content (AvgIpc) is 3.72. The third kappa shape index (κ3) is 10.3. The summed E-state index contributed by atoms with van der Waals surface area (Å²) < 4.78 is 0. The average molecular weight is 740 g/mol. The van der Waals surface area contributed by atoms with E-state index in [4.69, 9.17) is 19.1 Å². The molecule has 2 aliphatic rings. The summed E-state index contributed by atoms with van der Waals surface area (Å²) in [5.74, 6) is 0. The molecule has 4 aromatic rings. The monoisotopic (exact) mass is 738 g/mol. The molecule has 0 heterocycles. The van der Waals surface area contributed by atoms with Crippen molar-refractivity contribution in [3.05, 3.63) is 133 Å². The Morgan fingerprint density at radius 3 is 1.30 bits per heavy atom. The first-order chi connectivity index (χ1) is 19.3. The van der Waals surface area contributed by atoms with Gasteiger partial charge in [0.1, 0.15) is 0 Å². The van der Waals surface area contributed by atoms with Crippen molar-refractivity contribution in [1.29, 1.82) is 0 Å². The Balaban J connectivity index is 0.000000197. The second-order valence-corrected chi connectivity index (χ2v) is 16.8. The molecule has 2 aliphatic carbocycles. The van der Waals surface area contributed by atoms with Gasteiger partial charge < -0.3 is 0 Å². The maximum absolute atomic E-state index is 4.81. The fourth-order valence-corrected chi connectivity index (χ4v) is 11.1. The summed E-state index contributed by atoms with van der Waals surface area (Å²) in [5.41, 5.74) is 2.62. The molecular formula is C34H36Cl2FeP2Pd. The standard InChI is InChI=1S/C17H19P.C17H17P.2ClH.Fe.Pd/c2*1-3-9-15(10-4-1)18(17-13-7-8-14-17)16-11-5-2-6-12-16;;;;/h1-6,9-12,17H,7-8,13-14H2;1-7,9-12H,8,13-14H2;2*1H;;/q;;;;;+2/p-2. The van der Waals surface area contributed by atoms with E-state index in [-0.39, 0.29) is 48.9 Å². The van der Waals surface area contributed by atoms with Crippen LogP contribution in [0, 0.1) is 12.1 Å². The van der Waals surface area contributed by atoms with Gasteiger partial charge in [-0.2, -0.15) is 0 Å². The van der Waals surface area contributed by atoms with Gasteiger partial charge >= 0.3 is 35.0 Å². The second-order valence-electron chi connectivity index (χ2n) is 9.63. The fourth-order valence-electron chi connectivity index (χ4n) is 5.42. The Morgan fingerprint density at radius 1 is 0.575 bits per heavy atom. The van der Waals surface area contributed by atoms with E-state index in [1.54, 1.807) is 16.3 Å². The molecule has 0 saturated heterocycles. The van der Waals surface area contributed by atoms with Gasteiger partial charge in [-0.3, -0.25) is 0 Å². The van der Waals surface area contributed by atoms with Crippen LogP contribution in [0.15, 0.2) is 121 Å². The Labute approximate surface area is 271 Å². The maximum atomic E-state index is 4.81. The van der Waals surface area contributed by atoms with Crippen LogP contribution >= 0.6 is 34.9 Å². The van der Waals surface area contributed by atoms with Gasteiger partial charge in [-0.15, -0.1) is 0 Å². The Kier molecular flexibility index (Phi) is 16.7. The van der Waals surface area contributed by atoms with Crippen LogP contribution in [0.1, 0.15) is 44.9 Å². The molecule has 40 heavy (non-hydrogen) atoms. The predicted molar refractivity (Wildman–Crippen MR) is 173 cm³/mol. The van der Waals surface area contributed by atoms with Crippen molar-refractivity contribution in [2.45, 2.75) is 50.6 Å². The van der Waals surface area contributed by atoms with E-state index in [2.05, 4.69) is 128 Å². The van der Waals surface area contributed by atoms with E-state index in [1.165, 1.54) is 55.6 Å². The van der Waals surface area contributed by atoms with Crippen molar-refractivity contribution < 1.29 is 33.0 Å². The molecule has 0 amide bonds. The minimum absolute atomic E-state index is 0. The molecule has 0 unspecified atom stereocenters. The first-order valence-electron chi connectivity index (χ1n) is 13.6. The minimum Gasteiger partial charge on any atom is -0.0622 e. The molecule has 2 fully saturated rings. The summed E-state index contributed by atoms with van der Waals surface area (Å²) >= 11 is -0.106. The van der Waals surface area contributed by atoms with Crippen LogP contribution in [0.25, 0.3) is 0 Å². The number of hydrogen-bond acceptors (Lipinski definition) is 0. The van der Waals surface area contributed by atoms with Gasteiger partial charge in [-0.1, -0.05) is 134 Å². The third-order valence-electron chi connectivity index (χ3n) is 7.12. The van der Waals surface area contributed by atoms with E-state index in [0.717, 1.165) is 5.66 Å². The summed E-state index contributed by atoms with van der Waals surface area (Å²) in [6.07, 6.45) is 11.8. The van der Waals surface area contributed by atoms with Gasteiger partial charge in [0, 0.05) is 22.7 Å². The van der Waals surface area contributed by atoms with Gasteiger partial charge in [0.15, 0.2) is 0 Å². The molecule has 0 spiro atoms. The van der Waals surface area contributed by atoms with E-state index >= 15 is 0 Å². The zero-order valence-corrected chi connectivity index (χ0v) is 28.4. The van der Waals surface area contributed by atoms with Crippen molar-refractivity contribution >= 4 is 56.1 Å². The zero-order chi connectivity index (χ0) is 27.1. The molecule has 0 aliphatic heterocycles. The number of rotatable bonds is 6. The van der Waals surface area contributed by atoms with E-state index in [1.807, 2.05) is 0 Å². The van der Waals surface area contributed by atoms with E-state index < -0.39 is 0 Å². The summed E-state index contributed by atoms with van der Waals surface area (Å²) in [6.45, 7) is 0. The topological polar surface area (TPSA) is 0 Å². The first-order valence-corrected chi connectivity index (χ1v) is 20.4. The van der Waals surface area contributed by atoms with Gasteiger partial charge in [0.05, 0.1) is 0 Å². The van der Waals surface area contributed by atoms with Gasteiger partial charge in [-0.25, -0.2) is 0 Å². The van der Waals surface area contributed by atoms with Crippen molar-refractivity contribution in [2.75, 3.05) is 0 Å². The van der Waals surface area contributed by atoms with Crippen LogP contribution in [-0.4, -0.2) is 5.66 Å². The normalized spacial score (nSPS) is 15.2. The predicted octanol–water partition coefficient (Wildman–Crippen LogP) is 9.48. The van der Waals surface area contributed by atoms with Crippen molar-refractivity contribution in [3.8, 4) is 0 Å². The molecular weight excluding hydrogens is 703 g/mol. The number of benzene rings is 4. The van der Waals surface area contributed by atoms with E-state index in [9.17, 15) is 0 Å². The molecule has 214 valence electrons. The van der Waals surface area contributed by atoms with Crippen LogP contribution in [0.4, 0.5) is 0 Å². The van der Waals surface area contributed by atoms with Gasteiger partial charge in [-0.05, 0) is 81.2 Å². The minimum atomic E-state index is -0.267. The molecule has 2 saturated carbocycles. The molecule has 0 nitrogen and oxygen atoms in total. The second kappa shape index (κ2) is 19.6. The smallest absolute Gasteiger partial charge is 0 e. The van der Waals surface area contributed by atoms with Crippen LogP contribution in [-0.2, 0) is 33.0 Å². The summed E-state index contributed by atoms with van der Waals surface area (Å²) in [7, 11) is 9.21. The summed E-state index contributed by atoms with van der Waals surface area (Å²) in [5, 5.41) is 6.07.